The highest BCUT2D eigenvalue weighted by Crippen LogP contribution is 2.32. The van der Waals surface area contributed by atoms with Crippen LogP contribution in [0.4, 0.5) is 0 Å². The monoisotopic (exact) mass is 256 g/mol. The van der Waals surface area contributed by atoms with Crippen molar-refractivity contribution in [2.75, 3.05) is 0 Å². The van der Waals surface area contributed by atoms with Crippen LogP contribution in [0.25, 0.3) is 5.69 Å². The summed E-state index contributed by atoms with van der Waals surface area (Å²) in [5.74, 6) is 0.481. The third-order valence-corrected chi connectivity index (χ3v) is 3.40. The first-order valence-corrected chi connectivity index (χ1v) is 6.52. The van der Waals surface area contributed by atoms with Gasteiger partial charge in [0, 0.05) is 6.04 Å². The fourth-order valence-electron chi connectivity index (χ4n) is 2.05. The molecule has 1 aliphatic carbocycles. The highest BCUT2D eigenvalue weighted by molar-refractivity contribution is 5.92. The van der Waals surface area contributed by atoms with Gasteiger partial charge in [-0.2, -0.15) is 9.90 Å². The van der Waals surface area contributed by atoms with Gasteiger partial charge in [-0.25, -0.2) is 0 Å². The Kier molecular flexibility index (Phi) is 3.03. The van der Waals surface area contributed by atoms with Gasteiger partial charge in [-0.05, 0) is 37.8 Å². The van der Waals surface area contributed by atoms with Gasteiger partial charge in [0.25, 0.3) is 5.91 Å². The summed E-state index contributed by atoms with van der Waals surface area (Å²) in [4.78, 5) is 13.5. The second kappa shape index (κ2) is 4.84. The second-order valence-corrected chi connectivity index (χ2v) is 4.95. The van der Waals surface area contributed by atoms with E-state index in [4.69, 9.17) is 0 Å². The van der Waals surface area contributed by atoms with Crippen LogP contribution >= 0.6 is 0 Å². The molecule has 19 heavy (non-hydrogen) atoms. The average Bonchev–Trinajstić information content (AvgIpc) is 3.17. The molecule has 1 amide bonds. The average molecular weight is 256 g/mol. The standard InChI is InChI=1S/C14H16N4O/c1-10(11-7-8-11)16-14(19)13-9-15-18(17-13)12-5-3-2-4-6-12/h2-6,9-11H,7-8H2,1H3,(H,16,19). The van der Waals surface area contributed by atoms with Crippen LogP contribution in [0, 0.1) is 5.92 Å². The van der Waals surface area contributed by atoms with E-state index in [-0.39, 0.29) is 11.9 Å². The lowest BCUT2D eigenvalue weighted by Crippen LogP contribution is -2.34. The van der Waals surface area contributed by atoms with Crippen molar-refractivity contribution >= 4 is 5.91 Å². The summed E-state index contributed by atoms with van der Waals surface area (Å²) in [5.41, 5.74) is 1.20. The lowest BCUT2D eigenvalue weighted by molar-refractivity contribution is 0.0930. The van der Waals surface area contributed by atoms with Crippen molar-refractivity contribution in [2.24, 2.45) is 5.92 Å². The minimum atomic E-state index is -0.151. The quantitative estimate of drug-likeness (QED) is 0.907. The normalized spacial score (nSPS) is 16.1. The van der Waals surface area contributed by atoms with E-state index in [1.807, 2.05) is 37.3 Å². The summed E-state index contributed by atoms with van der Waals surface area (Å²) in [5, 5.41) is 11.3. The molecule has 0 saturated heterocycles. The number of nitrogens with one attached hydrogen (secondary N) is 1. The summed E-state index contributed by atoms with van der Waals surface area (Å²) in [6.45, 7) is 2.04. The van der Waals surface area contributed by atoms with Crippen molar-refractivity contribution in [2.45, 2.75) is 25.8 Å². The summed E-state index contributed by atoms with van der Waals surface area (Å²) >= 11 is 0. The SMILES string of the molecule is CC(NC(=O)c1cnn(-c2ccccc2)n1)C1CC1. The Morgan fingerprint density at radius 3 is 2.79 bits per heavy atom. The molecule has 2 aromatic rings. The fourth-order valence-corrected chi connectivity index (χ4v) is 2.05. The molecule has 5 heteroatoms. The van der Waals surface area contributed by atoms with Crippen molar-refractivity contribution in [1.82, 2.24) is 20.3 Å². The number of amides is 1. The zero-order chi connectivity index (χ0) is 13.2. The van der Waals surface area contributed by atoms with Crippen molar-refractivity contribution in [3.63, 3.8) is 0 Å². The molecule has 1 aromatic heterocycles. The lowest BCUT2D eigenvalue weighted by Gasteiger charge is -2.10. The van der Waals surface area contributed by atoms with Crippen molar-refractivity contribution in [1.29, 1.82) is 0 Å². The molecule has 1 saturated carbocycles. The number of hydrogen-bond donors (Lipinski definition) is 1. The van der Waals surface area contributed by atoms with Crippen LogP contribution in [0.3, 0.4) is 0 Å². The molecule has 98 valence electrons. The molecule has 0 aliphatic heterocycles. The second-order valence-electron chi connectivity index (χ2n) is 4.95. The molecule has 1 N–H and O–H groups in total. The first-order chi connectivity index (χ1) is 9.24. The van der Waals surface area contributed by atoms with Gasteiger partial charge in [-0.15, -0.1) is 5.10 Å². The number of para-hydroxylation sites is 1. The number of carbonyl (C=O) groups excluding carboxylic acids is 1. The molecule has 1 fully saturated rings. The molecular formula is C14H16N4O. The van der Waals surface area contributed by atoms with E-state index in [2.05, 4.69) is 15.5 Å². The number of benzene rings is 1. The number of aromatic nitrogens is 3. The van der Waals surface area contributed by atoms with Gasteiger partial charge >= 0.3 is 0 Å². The zero-order valence-corrected chi connectivity index (χ0v) is 10.8. The maximum absolute atomic E-state index is 12.0. The van der Waals surface area contributed by atoms with Crippen LogP contribution in [0.5, 0.6) is 0 Å². The van der Waals surface area contributed by atoms with E-state index in [1.165, 1.54) is 23.8 Å². The number of nitrogens with zero attached hydrogens (tertiary/aromatic N) is 3. The van der Waals surface area contributed by atoms with Gasteiger partial charge < -0.3 is 5.32 Å². The summed E-state index contributed by atoms with van der Waals surface area (Å²) in [7, 11) is 0. The Bertz CT molecular complexity index is 574. The van der Waals surface area contributed by atoms with Crippen molar-refractivity contribution in [3.8, 4) is 5.69 Å². The lowest BCUT2D eigenvalue weighted by atomic mass is 10.2. The Balaban J connectivity index is 1.72. The van der Waals surface area contributed by atoms with Crippen LogP contribution < -0.4 is 5.32 Å². The van der Waals surface area contributed by atoms with E-state index in [0.717, 1.165) is 5.69 Å². The van der Waals surface area contributed by atoms with Crippen LogP contribution in [0.2, 0.25) is 0 Å². The highest BCUT2D eigenvalue weighted by atomic mass is 16.2. The highest BCUT2D eigenvalue weighted by Gasteiger charge is 2.29. The van der Waals surface area contributed by atoms with Crippen molar-refractivity contribution in [3.05, 3.63) is 42.2 Å². The summed E-state index contributed by atoms with van der Waals surface area (Å²) < 4.78 is 0. The molecule has 0 bridgehead atoms. The molecule has 1 unspecified atom stereocenters. The van der Waals surface area contributed by atoms with Gasteiger partial charge in [-0.3, -0.25) is 4.79 Å². The van der Waals surface area contributed by atoms with Gasteiger partial charge in [0.05, 0.1) is 11.9 Å². The van der Waals surface area contributed by atoms with E-state index < -0.39 is 0 Å². The number of carbonyl (C=O) groups is 1. The smallest absolute Gasteiger partial charge is 0.273 e. The maximum atomic E-state index is 12.0. The van der Waals surface area contributed by atoms with Crippen LogP contribution in [0.15, 0.2) is 36.5 Å². The third-order valence-electron chi connectivity index (χ3n) is 3.40. The van der Waals surface area contributed by atoms with Gasteiger partial charge in [0.1, 0.15) is 0 Å². The molecule has 1 atom stereocenters. The predicted octanol–water partition coefficient (Wildman–Crippen LogP) is 1.80. The van der Waals surface area contributed by atoms with Gasteiger partial charge in [0.2, 0.25) is 0 Å². The molecule has 1 aliphatic rings. The first-order valence-electron chi connectivity index (χ1n) is 6.52. The Morgan fingerprint density at radius 2 is 2.11 bits per heavy atom. The summed E-state index contributed by atoms with van der Waals surface area (Å²) in [6, 6.07) is 9.76. The zero-order valence-electron chi connectivity index (χ0n) is 10.8. The Labute approximate surface area is 111 Å². The predicted molar refractivity (Wildman–Crippen MR) is 71.0 cm³/mol. The third kappa shape index (κ3) is 2.65. The van der Waals surface area contributed by atoms with Crippen LogP contribution in [-0.2, 0) is 0 Å². The molecule has 3 rings (SSSR count). The Morgan fingerprint density at radius 1 is 1.37 bits per heavy atom. The van der Waals surface area contributed by atoms with Crippen LogP contribution in [0.1, 0.15) is 30.3 Å². The summed E-state index contributed by atoms with van der Waals surface area (Å²) in [6.07, 6.45) is 3.91. The van der Waals surface area contributed by atoms with E-state index in [0.29, 0.717) is 11.6 Å². The Hall–Kier alpha value is -2.17. The van der Waals surface area contributed by atoms with Crippen LogP contribution in [-0.4, -0.2) is 26.9 Å². The molecular weight excluding hydrogens is 240 g/mol. The fraction of sp³-hybridized carbons (Fsp3) is 0.357. The molecule has 1 heterocycles. The van der Waals surface area contributed by atoms with E-state index in [9.17, 15) is 4.79 Å². The number of hydrogen-bond acceptors (Lipinski definition) is 3. The molecule has 5 nitrogen and oxygen atoms in total. The topological polar surface area (TPSA) is 59.8 Å². The maximum Gasteiger partial charge on any atom is 0.273 e. The minimum absolute atomic E-state index is 0.151. The largest absolute Gasteiger partial charge is 0.348 e. The van der Waals surface area contributed by atoms with Gasteiger partial charge in [-0.1, -0.05) is 18.2 Å². The molecule has 0 spiro atoms. The van der Waals surface area contributed by atoms with E-state index >= 15 is 0 Å². The van der Waals surface area contributed by atoms with Crippen molar-refractivity contribution < 1.29 is 4.79 Å². The minimum Gasteiger partial charge on any atom is -0.348 e. The van der Waals surface area contributed by atoms with E-state index in [1.54, 1.807) is 0 Å². The van der Waals surface area contributed by atoms with Gasteiger partial charge in [0.15, 0.2) is 5.69 Å². The molecule has 0 radical (unpaired) electrons. The number of rotatable bonds is 4. The molecule has 1 aromatic carbocycles. The first kappa shape index (κ1) is 11.9.